The Balaban J connectivity index is 2.11. The number of rotatable bonds is 3. The number of hydrogen-bond donors (Lipinski definition) is 0. The summed E-state index contributed by atoms with van der Waals surface area (Å²) in [5.41, 5.74) is 3.25. The van der Waals surface area contributed by atoms with Crippen LogP contribution in [0.5, 0.6) is 0 Å². The van der Waals surface area contributed by atoms with Gasteiger partial charge in [0.15, 0.2) is 0 Å². The predicted octanol–water partition coefficient (Wildman–Crippen LogP) is 4.51. The summed E-state index contributed by atoms with van der Waals surface area (Å²) in [4.78, 5) is 0. The van der Waals surface area contributed by atoms with Crippen LogP contribution in [0.2, 0.25) is 0 Å². The van der Waals surface area contributed by atoms with Gasteiger partial charge in [0, 0.05) is 4.75 Å². The molecule has 0 radical (unpaired) electrons. The zero-order valence-corrected chi connectivity index (χ0v) is 13.3. The van der Waals surface area contributed by atoms with Crippen LogP contribution in [-0.2, 0) is 0 Å². The van der Waals surface area contributed by atoms with Crippen LogP contribution in [0.25, 0.3) is 11.0 Å². The van der Waals surface area contributed by atoms with Crippen molar-refractivity contribution < 1.29 is 0 Å². The third kappa shape index (κ3) is 3.10. The van der Waals surface area contributed by atoms with Crippen LogP contribution < -0.4 is 0 Å². The van der Waals surface area contributed by atoms with Crippen molar-refractivity contribution >= 4 is 22.8 Å². The Morgan fingerprint density at radius 1 is 0.952 bits per heavy atom. The minimum Gasteiger partial charge on any atom is -0.227 e. The predicted molar refractivity (Wildman–Crippen MR) is 89.5 cm³/mol. The standard InChI is InChI=1S/C17H19N3S/c1-17(2,3)21-16(13-9-5-4-6-10-13)20-15-12-8-7-11-14(15)18-19-20/h4-12,16H,1-3H3. The van der Waals surface area contributed by atoms with E-state index in [0.29, 0.717) is 0 Å². The van der Waals surface area contributed by atoms with Gasteiger partial charge in [0.25, 0.3) is 0 Å². The van der Waals surface area contributed by atoms with Gasteiger partial charge >= 0.3 is 0 Å². The molecule has 3 nitrogen and oxygen atoms in total. The maximum absolute atomic E-state index is 4.40. The van der Waals surface area contributed by atoms with E-state index in [1.165, 1.54) is 5.56 Å². The van der Waals surface area contributed by atoms with E-state index in [1.54, 1.807) is 0 Å². The number of para-hydroxylation sites is 1. The second-order valence-corrected chi connectivity index (χ2v) is 7.92. The van der Waals surface area contributed by atoms with Gasteiger partial charge in [0.1, 0.15) is 10.9 Å². The van der Waals surface area contributed by atoms with Gasteiger partial charge in [-0.15, -0.1) is 16.9 Å². The van der Waals surface area contributed by atoms with Crippen molar-refractivity contribution in [3.63, 3.8) is 0 Å². The topological polar surface area (TPSA) is 30.7 Å². The van der Waals surface area contributed by atoms with Crippen molar-refractivity contribution in [2.75, 3.05) is 0 Å². The lowest BCUT2D eigenvalue weighted by molar-refractivity contribution is 0.645. The Bertz CT molecular complexity index is 728. The van der Waals surface area contributed by atoms with Gasteiger partial charge in [-0.25, -0.2) is 4.68 Å². The van der Waals surface area contributed by atoms with Gasteiger partial charge in [0.2, 0.25) is 0 Å². The van der Waals surface area contributed by atoms with Crippen molar-refractivity contribution in [3.8, 4) is 0 Å². The minimum atomic E-state index is 0.124. The number of fused-ring (bicyclic) bond motifs is 1. The summed E-state index contributed by atoms with van der Waals surface area (Å²) >= 11 is 1.89. The maximum Gasteiger partial charge on any atom is 0.125 e. The van der Waals surface area contributed by atoms with Gasteiger partial charge < -0.3 is 0 Å². The molecular weight excluding hydrogens is 278 g/mol. The molecule has 0 aliphatic heterocycles. The molecule has 0 fully saturated rings. The molecule has 2 aromatic carbocycles. The number of thioether (sulfide) groups is 1. The molecule has 0 amide bonds. The van der Waals surface area contributed by atoms with Gasteiger partial charge in [-0.1, -0.05) is 68.4 Å². The number of hydrogen-bond acceptors (Lipinski definition) is 3. The van der Waals surface area contributed by atoms with E-state index in [-0.39, 0.29) is 10.1 Å². The molecule has 1 aromatic heterocycles. The van der Waals surface area contributed by atoms with Crippen LogP contribution in [0.4, 0.5) is 0 Å². The van der Waals surface area contributed by atoms with E-state index in [0.717, 1.165) is 11.0 Å². The lowest BCUT2D eigenvalue weighted by Crippen LogP contribution is -2.17. The Morgan fingerprint density at radius 2 is 1.62 bits per heavy atom. The zero-order chi connectivity index (χ0) is 14.9. The summed E-state index contributed by atoms with van der Waals surface area (Å²) in [6.45, 7) is 6.69. The molecule has 0 bridgehead atoms. The molecule has 0 aliphatic rings. The van der Waals surface area contributed by atoms with Crippen molar-refractivity contribution in [2.45, 2.75) is 30.9 Å². The van der Waals surface area contributed by atoms with E-state index in [9.17, 15) is 0 Å². The van der Waals surface area contributed by atoms with Crippen LogP contribution in [0, 0.1) is 0 Å². The molecular formula is C17H19N3S. The molecule has 1 heterocycles. The first-order valence-corrected chi connectivity index (χ1v) is 7.95. The maximum atomic E-state index is 4.40. The van der Waals surface area contributed by atoms with E-state index in [1.807, 2.05) is 40.7 Å². The molecule has 1 atom stereocenters. The fourth-order valence-electron chi connectivity index (χ4n) is 2.27. The third-order valence-electron chi connectivity index (χ3n) is 3.15. The molecule has 3 aromatic rings. The first-order chi connectivity index (χ1) is 10.0. The highest BCUT2D eigenvalue weighted by Gasteiger charge is 2.24. The Morgan fingerprint density at radius 3 is 2.33 bits per heavy atom. The summed E-state index contributed by atoms with van der Waals surface area (Å²) in [6.07, 6.45) is 0. The normalized spacial score (nSPS) is 13.5. The summed E-state index contributed by atoms with van der Waals surface area (Å²) in [5.74, 6) is 0. The number of nitrogens with zero attached hydrogens (tertiary/aromatic N) is 3. The van der Waals surface area contributed by atoms with Crippen molar-refractivity contribution in [3.05, 3.63) is 60.2 Å². The van der Waals surface area contributed by atoms with E-state index < -0.39 is 0 Å². The van der Waals surface area contributed by atoms with E-state index >= 15 is 0 Å². The van der Waals surface area contributed by atoms with Crippen molar-refractivity contribution in [2.24, 2.45) is 0 Å². The minimum absolute atomic E-state index is 0.124. The van der Waals surface area contributed by atoms with Gasteiger partial charge in [-0.2, -0.15) is 0 Å². The van der Waals surface area contributed by atoms with Gasteiger partial charge in [0.05, 0.1) is 5.52 Å². The van der Waals surface area contributed by atoms with Crippen LogP contribution in [0.3, 0.4) is 0 Å². The highest BCUT2D eigenvalue weighted by Crippen LogP contribution is 2.40. The average Bonchev–Trinajstić information content (AvgIpc) is 2.89. The Labute approximate surface area is 129 Å². The monoisotopic (exact) mass is 297 g/mol. The quantitative estimate of drug-likeness (QED) is 0.712. The molecule has 0 saturated heterocycles. The largest absolute Gasteiger partial charge is 0.227 e. The number of benzene rings is 2. The molecule has 3 rings (SSSR count). The molecule has 108 valence electrons. The van der Waals surface area contributed by atoms with Gasteiger partial charge in [-0.05, 0) is 17.7 Å². The highest BCUT2D eigenvalue weighted by atomic mass is 32.2. The first-order valence-electron chi connectivity index (χ1n) is 7.07. The van der Waals surface area contributed by atoms with Crippen LogP contribution in [0.1, 0.15) is 31.7 Å². The molecule has 0 aliphatic carbocycles. The third-order valence-corrected chi connectivity index (χ3v) is 4.55. The van der Waals surface area contributed by atoms with E-state index in [4.69, 9.17) is 0 Å². The summed E-state index contributed by atoms with van der Waals surface area (Å²) in [7, 11) is 0. The first kappa shape index (κ1) is 14.1. The smallest absolute Gasteiger partial charge is 0.125 e. The van der Waals surface area contributed by atoms with Gasteiger partial charge in [-0.3, -0.25) is 0 Å². The van der Waals surface area contributed by atoms with Crippen LogP contribution in [0.15, 0.2) is 54.6 Å². The fraction of sp³-hybridized carbons (Fsp3) is 0.294. The lowest BCUT2D eigenvalue weighted by Gasteiger charge is -2.26. The molecule has 0 saturated carbocycles. The second-order valence-electron chi connectivity index (χ2n) is 6.02. The highest BCUT2D eigenvalue weighted by molar-refractivity contribution is 8.00. The molecule has 0 spiro atoms. The van der Waals surface area contributed by atoms with Crippen molar-refractivity contribution in [1.82, 2.24) is 15.0 Å². The SMILES string of the molecule is CC(C)(C)SC(c1ccccc1)n1nnc2ccccc21. The Hall–Kier alpha value is -1.81. The lowest BCUT2D eigenvalue weighted by atomic mass is 10.2. The number of aromatic nitrogens is 3. The summed E-state index contributed by atoms with van der Waals surface area (Å²) < 4.78 is 2.16. The molecule has 4 heteroatoms. The zero-order valence-electron chi connectivity index (χ0n) is 12.5. The Kier molecular flexibility index (Phi) is 3.72. The average molecular weight is 297 g/mol. The summed E-state index contributed by atoms with van der Waals surface area (Å²) in [6, 6.07) is 18.6. The molecule has 1 unspecified atom stereocenters. The molecule has 21 heavy (non-hydrogen) atoms. The van der Waals surface area contributed by atoms with Crippen LogP contribution >= 0.6 is 11.8 Å². The fourth-order valence-corrected chi connectivity index (χ4v) is 3.49. The second kappa shape index (κ2) is 5.53. The van der Waals surface area contributed by atoms with Crippen LogP contribution in [-0.4, -0.2) is 19.7 Å². The summed E-state index contributed by atoms with van der Waals surface area (Å²) in [5, 5.41) is 8.82. The van der Waals surface area contributed by atoms with Crippen molar-refractivity contribution in [1.29, 1.82) is 0 Å². The molecule has 0 N–H and O–H groups in total. The van der Waals surface area contributed by atoms with E-state index in [2.05, 4.69) is 61.4 Å².